The van der Waals surface area contributed by atoms with Crippen LogP contribution in [0.15, 0.2) is 48.5 Å². The number of hydrogen-bond donors (Lipinski definition) is 1. The summed E-state index contributed by atoms with van der Waals surface area (Å²) in [6.07, 6.45) is 0. The van der Waals surface area contributed by atoms with E-state index in [4.69, 9.17) is 4.18 Å². The van der Waals surface area contributed by atoms with Crippen LogP contribution in [0.2, 0.25) is 0 Å². The van der Waals surface area contributed by atoms with Crippen molar-refractivity contribution in [2.24, 2.45) is 0 Å². The minimum Gasteiger partial charge on any atom is -0.508 e. The third-order valence-corrected chi connectivity index (χ3v) is 3.70. The molecule has 19 heavy (non-hydrogen) atoms. The molecule has 0 radical (unpaired) electrons. The predicted molar refractivity (Wildman–Crippen MR) is 72.5 cm³/mol. The maximum Gasteiger partial charge on any atom is 0.313 e. The van der Waals surface area contributed by atoms with Gasteiger partial charge < -0.3 is 9.29 Å². The SMILES string of the molecule is Cc1ccc(O)cc1OS(=O)(=O)Cc1ccccc1. The number of benzene rings is 2. The molecule has 2 aromatic carbocycles. The Kier molecular flexibility index (Phi) is 3.76. The molecule has 0 fully saturated rings. The van der Waals surface area contributed by atoms with Gasteiger partial charge in [-0.05, 0) is 24.1 Å². The lowest BCUT2D eigenvalue weighted by Crippen LogP contribution is -2.12. The van der Waals surface area contributed by atoms with Gasteiger partial charge in [0, 0.05) is 6.07 Å². The van der Waals surface area contributed by atoms with Gasteiger partial charge in [-0.15, -0.1) is 0 Å². The number of aromatic hydroxyl groups is 1. The van der Waals surface area contributed by atoms with Crippen LogP contribution in [0.25, 0.3) is 0 Å². The Morgan fingerprint density at radius 1 is 1.11 bits per heavy atom. The highest BCUT2D eigenvalue weighted by Gasteiger charge is 2.15. The summed E-state index contributed by atoms with van der Waals surface area (Å²) in [5.41, 5.74) is 1.30. The molecule has 4 nitrogen and oxygen atoms in total. The van der Waals surface area contributed by atoms with E-state index < -0.39 is 10.1 Å². The zero-order chi connectivity index (χ0) is 13.9. The maximum atomic E-state index is 11.9. The van der Waals surface area contributed by atoms with Gasteiger partial charge in [0.2, 0.25) is 0 Å². The van der Waals surface area contributed by atoms with Crippen LogP contribution in [0.5, 0.6) is 11.5 Å². The van der Waals surface area contributed by atoms with Crippen LogP contribution >= 0.6 is 0 Å². The fourth-order valence-electron chi connectivity index (χ4n) is 1.62. The van der Waals surface area contributed by atoms with Gasteiger partial charge in [-0.25, -0.2) is 0 Å². The molecule has 2 rings (SSSR count). The summed E-state index contributed by atoms with van der Waals surface area (Å²) in [7, 11) is -3.74. The summed E-state index contributed by atoms with van der Waals surface area (Å²) >= 11 is 0. The van der Waals surface area contributed by atoms with Crippen LogP contribution in [0.4, 0.5) is 0 Å². The van der Waals surface area contributed by atoms with Crippen molar-refractivity contribution < 1.29 is 17.7 Å². The third kappa shape index (κ3) is 3.72. The Hall–Kier alpha value is -2.01. The number of aryl methyl sites for hydroxylation is 1. The van der Waals surface area contributed by atoms with Gasteiger partial charge in [-0.3, -0.25) is 0 Å². The van der Waals surface area contributed by atoms with Crippen molar-refractivity contribution in [2.75, 3.05) is 0 Å². The van der Waals surface area contributed by atoms with Gasteiger partial charge >= 0.3 is 10.1 Å². The Morgan fingerprint density at radius 3 is 2.47 bits per heavy atom. The second kappa shape index (κ2) is 5.32. The van der Waals surface area contributed by atoms with E-state index in [1.165, 1.54) is 12.1 Å². The molecule has 0 spiro atoms. The summed E-state index contributed by atoms with van der Waals surface area (Å²) in [5, 5.41) is 9.35. The maximum absolute atomic E-state index is 11.9. The Balaban J connectivity index is 2.20. The summed E-state index contributed by atoms with van der Waals surface area (Å²) in [6, 6.07) is 13.2. The van der Waals surface area contributed by atoms with Gasteiger partial charge in [-0.2, -0.15) is 8.42 Å². The highest BCUT2D eigenvalue weighted by Crippen LogP contribution is 2.25. The molecular formula is C14H14O4S. The van der Waals surface area contributed by atoms with E-state index in [9.17, 15) is 13.5 Å². The standard InChI is InChI=1S/C14H14O4S/c1-11-7-8-13(15)9-14(11)18-19(16,17)10-12-5-3-2-4-6-12/h2-9,15H,10H2,1H3. The van der Waals surface area contributed by atoms with E-state index in [2.05, 4.69) is 0 Å². The Morgan fingerprint density at radius 2 is 1.79 bits per heavy atom. The Labute approximate surface area is 112 Å². The summed E-state index contributed by atoms with van der Waals surface area (Å²) in [6.45, 7) is 1.72. The van der Waals surface area contributed by atoms with E-state index in [1.807, 2.05) is 6.07 Å². The van der Waals surface area contributed by atoms with Crippen molar-refractivity contribution in [1.29, 1.82) is 0 Å². The lowest BCUT2D eigenvalue weighted by molar-refractivity contribution is 0.462. The van der Waals surface area contributed by atoms with E-state index in [0.29, 0.717) is 11.1 Å². The minimum atomic E-state index is -3.74. The molecular weight excluding hydrogens is 264 g/mol. The normalized spacial score (nSPS) is 11.2. The van der Waals surface area contributed by atoms with Gasteiger partial charge in [-0.1, -0.05) is 36.4 Å². The van der Waals surface area contributed by atoms with Crippen molar-refractivity contribution in [3.05, 3.63) is 59.7 Å². The summed E-state index contributed by atoms with van der Waals surface area (Å²) in [4.78, 5) is 0. The van der Waals surface area contributed by atoms with Gasteiger partial charge in [0.25, 0.3) is 0 Å². The third-order valence-electron chi connectivity index (χ3n) is 2.57. The van der Waals surface area contributed by atoms with Crippen molar-refractivity contribution in [2.45, 2.75) is 12.7 Å². The van der Waals surface area contributed by atoms with Crippen molar-refractivity contribution in [3.63, 3.8) is 0 Å². The van der Waals surface area contributed by atoms with Crippen LogP contribution in [-0.4, -0.2) is 13.5 Å². The molecule has 100 valence electrons. The molecule has 0 unspecified atom stereocenters. The average Bonchev–Trinajstić information content (AvgIpc) is 2.34. The number of phenols is 1. The molecule has 0 aliphatic carbocycles. The first-order valence-corrected chi connectivity index (χ1v) is 7.30. The lowest BCUT2D eigenvalue weighted by Gasteiger charge is -2.09. The molecule has 0 atom stereocenters. The molecule has 0 aliphatic rings. The second-order valence-electron chi connectivity index (χ2n) is 4.22. The first-order chi connectivity index (χ1) is 8.96. The number of rotatable bonds is 4. The van der Waals surface area contributed by atoms with E-state index in [-0.39, 0.29) is 17.3 Å². The van der Waals surface area contributed by atoms with Gasteiger partial charge in [0.15, 0.2) is 0 Å². The first-order valence-electron chi connectivity index (χ1n) is 5.72. The van der Waals surface area contributed by atoms with Crippen LogP contribution in [0.1, 0.15) is 11.1 Å². The molecule has 1 N–H and O–H groups in total. The van der Waals surface area contributed by atoms with Crippen LogP contribution < -0.4 is 4.18 Å². The average molecular weight is 278 g/mol. The molecule has 0 saturated carbocycles. The minimum absolute atomic E-state index is 0.0319. The zero-order valence-electron chi connectivity index (χ0n) is 10.4. The molecule has 5 heteroatoms. The van der Waals surface area contributed by atoms with Crippen LogP contribution in [0.3, 0.4) is 0 Å². The van der Waals surface area contributed by atoms with E-state index in [0.717, 1.165) is 0 Å². The highest BCUT2D eigenvalue weighted by atomic mass is 32.2. The largest absolute Gasteiger partial charge is 0.508 e. The first kappa shape index (κ1) is 13.4. The molecule has 0 aliphatic heterocycles. The lowest BCUT2D eigenvalue weighted by atomic mass is 10.2. The van der Waals surface area contributed by atoms with E-state index >= 15 is 0 Å². The number of hydrogen-bond acceptors (Lipinski definition) is 4. The predicted octanol–water partition coefficient (Wildman–Crippen LogP) is 2.61. The molecule has 0 heterocycles. The monoisotopic (exact) mass is 278 g/mol. The molecule has 0 aromatic heterocycles. The van der Waals surface area contributed by atoms with Gasteiger partial charge in [0.1, 0.15) is 17.3 Å². The quantitative estimate of drug-likeness (QED) is 0.873. The van der Waals surface area contributed by atoms with Crippen LogP contribution in [-0.2, 0) is 15.9 Å². The number of phenolic OH excluding ortho intramolecular Hbond substituents is 1. The molecule has 2 aromatic rings. The molecule has 0 bridgehead atoms. The van der Waals surface area contributed by atoms with E-state index in [1.54, 1.807) is 37.3 Å². The zero-order valence-corrected chi connectivity index (χ0v) is 11.2. The van der Waals surface area contributed by atoms with Crippen molar-refractivity contribution >= 4 is 10.1 Å². The smallest absolute Gasteiger partial charge is 0.313 e. The van der Waals surface area contributed by atoms with Crippen molar-refractivity contribution in [1.82, 2.24) is 0 Å². The second-order valence-corrected chi connectivity index (χ2v) is 5.79. The topological polar surface area (TPSA) is 63.6 Å². The fraction of sp³-hybridized carbons (Fsp3) is 0.143. The highest BCUT2D eigenvalue weighted by molar-refractivity contribution is 7.86. The van der Waals surface area contributed by atoms with Crippen molar-refractivity contribution in [3.8, 4) is 11.5 Å². The fourth-order valence-corrected chi connectivity index (χ4v) is 2.74. The molecule has 0 saturated heterocycles. The Bertz CT molecular complexity index is 663. The summed E-state index contributed by atoms with van der Waals surface area (Å²) < 4.78 is 28.9. The summed E-state index contributed by atoms with van der Waals surface area (Å²) in [5.74, 6) is -0.0883. The van der Waals surface area contributed by atoms with Gasteiger partial charge in [0.05, 0.1) is 0 Å². The molecule has 0 amide bonds. The van der Waals surface area contributed by atoms with Crippen LogP contribution in [0, 0.1) is 6.92 Å².